The van der Waals surface area contributed by atoms with Gasteiger partial charge >= 0.3 is 5.97 Å². The fourth-order valence-corrected chi connectivity index (χ4v) is 1.49. The van der Waals surface area contributed by atoms with Gasteiger partial charge in [0, 0.05) is 0 Å². The highest BCUT2D eigenvalue weighted by Crippen LogP contribution is 2.18. The molecule has 1 rings (SSSR count). The molecule has 0 bridgehead atoms. The lowest BCUT2D eigenvalue weighted by molar-refractivity contribution is -0.146. The first-order valence-corrected chi connectivity index (χ1v) is 6.44. The van der Waals surface area contributed by atoms with Crippen LogP contribution >= 0.6 is 0 Å². The number of unbranched alkanes of at least 4 members (excludes halogenated alkanes) is 1. The maximum absolute atomic E-state index is 13.6. The van der Waals surface area contributed by atoms with E-state index in [1.165, 1.54) is 12.1 Å². The van der Waals surface area contributed by atoms with Crippen molar-refractivity contribution in [3.8, 4) is 5.75 Å². The monoisotopic (exact) mass is 269 g/mol. The molecule has 0 heterocycles. The Morgan fingerprint density at radius 1 is 1.42 bits per heavy atom. The van der Waals surface area contributed by atoms with Crippen LogP contribution in [0.1, 0.15) is 25.3 Å². The first-order valence-electron chi connectivity index (χ1n) is 6.44. The van der Waals surface area contributed by atoms with Gasteiger partial charge in [-0.3, -0.25) is 0 Å². The van der Waals surface area contributed by atoms with Crippen molar-refractivity contribution in [3.05, 3.63) is 29.6 Å². The Labute approximate surface area is 112 Å². The maximum Gasteiger partial charge on any atom is 0.344 e. The van der Waals surface area contributed by atoms with Gasteiger partial charge < -0.3 is 15.2 Å². The zero-order valence-electron chi connectivity index (χ0n) is 11.2. The fraction of sp³-hybridized carbons (Fsp3) is 0.500. The van der Waals surface area contributed by atoms with Crippen LogP contribution in [0.5, 0.6) is 5.75 Å². The van der Waals surface area contributed by atoms with Crippen LogP contribution in [0.2, 0.25) is 0 Å². The molecule has 0 saturated carbocycles. The van der Waals surface area contributed by atoms with Crippen LogP contribution in [0, 0.1) is 5.82 Å². The predicted octanol–water partition coefficient (Wildman–Crippen LogP) is 2.05. The Morgan fingerprint density at radius 2 is 2.21 bits per heavy atom. The van der Waals surface area contributed by atoms with Crippen molar-refractivity contribution in [2.24, 2.45) is 5.73 Å². The SMILES string of the molecule is CCCCOC(=O)COc1ccc(CCN)cc1F. The average Bonchev–Trinajstić information content (AvgIpc) is 2.38. The van der Waals surface area contributed by atoms with E-state index in [4.69, 9.17) is 15.2 Å². The molecule has 1 aromatic carbocycles. The van der Waals surface area contributed by atoms with Crippen LogP contribution in [0.4, 0.5) is 4.39 Å². The number of hydrogen-bond acceptors (Lipinski definition) is 4. The second-order valence-electron chi connectivity index (χ2n) is 4.17. The minimum Gasteiger partial charge on any atom is -0.479 e. The molecule has 0 saturated heterocycles. The molecule has 19 heavy (non-hydrogen) atoms. The molecular weight excluding hydrogens is 249 g/mol. The largest absolute Gasteiger partial charge is 0.479 e. The van der Waals surface area contributed by atoms with Gasteiger partial charge in [-0.1, -0.05) is 19.4 Å². The molecule has 0 fully saturated rings. The molecule has 0 radical (unpaired) electrons. The molecule has 0 spiro atoms. The molecule has 5 heteroatoms. The Balaban J connectivity index is 2.42. The fourth-order valence-electron chi connectivity index (χ4n) is 1.49. The van der Waals surface area contributed by atoms with Crippen LogP contribution in [-0.4, -0.2) is 25.7 Å². The summed E-state index contributed by atoms with van der Waals surface area (Å²) in [6.45, 7) is 2.56. The highest BCUT2D eigenvalue weighted by molar-refractivity contribution is 5.71. The first-order chi connectivity index (χ1) is 9.17. The minimum atomic E-state index is -0.493. The van der Waals surface area contributed by atoms with E-state index in [-0.39, 0.29) is 12.4 Å². The van der Waals surface area contributed by atoms with Crippen LogP contribution in [-0.2, 0) is 16.0 Å². The lowest BCUT2D eigenvalue weighted by Crippen LogP contribution is -2.16. The van der Waals surface area contributed by atoms with E-state index in [9.17, 15) is 9.18 Å². The van der Waals surface area contributed by atoms with Crippen LogP contribution < -0.4 is 10.5 Å². The number of carbonyl (C=O) groups excluding carboxylic acids is 1. The third-order valence-corrected chi connectivity index (χ3v) is 2.54. The second kappa shape index (κ2) is 8.48. The number of benzene rings is 1. The normalized spacial score (nSPS) is 10.3. The molecule has 0 unspecified atom stereocenters. The molecule has 0 atom stereocenters. The van der Waals surface area contributed by atoms with Gasteiger partial charge in [0.2, 0.25) is 0 Å². The highest BCUT2D eigenvalue weighted by atomic mass is 19.1. The summed E-state index contributed by atoms with van der Waals surface area (Å²) in [5, 5.41) is 0. The van der Waals surface area contributed by atoms with Crippen molar-refractivity contribution < 1.29 is 18.7 Å². The predicted molar refractivity (Wildman–Crippen MR) is 70.5 cm³/mol. The summed E-state index contributed by atoms with van der Waals surface area (Å²) in [6, 6.07) is 4.60. The van der Waals surface area contributed by atoms with E-state index >= 15 is 0 Å². The van der Waals surface area contributed by atoms with Gasteiger partial charge in [0.25, 0.3) is 0 Å². The molecule has 1 aromatic rings. The van der Waals surface area contributed by atoms with Crippen molar-refractivity contribution in [3.63, 3.8) is 0 Å². The molecule has 4 nitrogen and oxygen atoms in total. The molecule has 0 aliphatic carbocycles. The van der Waals surface area contributed by atoms with E-state index in [1.54, 1.807) is 6.07 Å². The number of halogens is 1. The van der Waals surface area contributed by atoms with E-state index in [1.807, 2.05) is 6.92 Å². The number of nitrogens with two attached hydrogens (primary N) is 1. The van der Waals surface area contributed by atoms with Gasteiger partial charge in [-0.05, 0) is 37.1 Å². The standard InChI is InChI=1S/C14H20FNO3/c1-2-3-8-18-14(17)10-19-13-5-4-11(6-7-16)9-12(13)15/h4-5,9H,2-3,6-8,10,16H2,1H3. The van der Waals surface area contributed by atoms with Crippen molar-refractivity contribution in [1.29, 1.82) is 0 Å². The Morgan fingerprint density at radius 3 is 2.84 bits per heavy atom. The highest BCUT2D eigenvalue weighted by Gasteiger charge is 2.08. The van der Waals surface area contributed by atoms with Crippen molar-refractivity contribution in [1.82, 2.24) is 0 Å². The lowest BCUT2D eigenvalue weighted by Gasteiger charge is -2.08. The zero-order valence-corrected chi connectivity index (χ0v) is 11.2. The number of hydrogen-bond donors (Lipinski definition) is 1. The summed E-state index contributed by atoms with van der Waals surface area (Å²) in [5.41, 5.74) is 6.19. The Kier molecular flexibility index (Phi) is 6.89. The lowest BCUT2D eigenvalue weighted by atomic mass is 10.1. The van der Waals surface area contributed by atoms with Crippen molar-refractivity contribution in [2.45, 2.75) is 26.2 Å². The zero-order chi connectivity index (χ0) is 14.1. The maximum atomic E-state index is 13.6. The first kappa shape index (κ1) is 15.4. The molecule has 2 N–H and O–H groups in total. The van der Waals surface area contributed by atoms with Crippen LogP contribution in [0.3, 0.4) is 0 Å². The van der Waals surface area contributed by atoms with E-state index in [2.05, 4.69) is 0 Å². The smallest absolute Gasteiger partial charge is 0.344 e. The number of esters is 1. The van der Waals surface area contributed by atoms with Crippen LogP contribution in [0.15, 0.2) is 18.2 Å². The van der Waals surface area contributed by atoms with E-state index in [0.717, 1.165) is 18.4 Å². The molecule has 0 aliphatic rings. The Bertz CT molecular complexity index is 410. The average molecular weight is 269 g/mol. The summed E-state index contributed by atoms with van der Waals surface area (Å²) in [5.74, 6) is -0.931. The van der Waals surface area contributed by atoms with Crippen LogP contribution in [0.25, 0.3) is 0 Å². The number of rotatable bonds is 8. The third kappa shape index (κ3) is 5.70. The quantitative estimate of drug-likeness (QED) is 0.579. The summed E-state index contributed by atoms with van der Waals surface area (Å²) >= 11 is 0. The summed E-state index contributed by atoms with van der Waals surface area (Å²) in [6.07, 6.45) is 2.37. The molecule has 0 aliphatic heterocycles. The van der Waals surface area contributed by atoms with Gasteiger partial charge in [0.1, 0.15) is 0 Å². The Hall–Kier alpha value is -1.62. The van der Waals surface area contributed by atoms with Gasteiger partial charge in [-0.15, -0.1) is 0 Å². The van der Waals surface area contributed by atoms with Gasteiger partial charge in [-0.2, -0.15) is 0 Å². The van der Waals surface area contributed by atoms with Crippen molar-refractivity contribution in [2.75, 3.05) is 19.8 Å². The van der Waals surface area contributed by atoms with E-state index < -0.39 is 11.8 Å². The number of carbonyl (C=O) groups is 1. The summed E-state index contributed by atoms with van der Waals surface area (Å²) in [7, 11) is 0. The van der Waals surface area contributed by atoms with Crippen molar-refractivity contribution >= 4 is 5.97 Å². The summed E-state index contributed by atoms with van der Waals surface area (Å²) in [4.78, 5) is 11.3. The number of ether oxygens (including phenoxy) is 2. The minimum absolute atomic E-state index is 0.0493. The summed E-state index contributed by atoms with van der Waals surface area (Å²) < 4.78 is 23.6. The van der Waals surface area contributed by atoms with E-state index in [0.29, 0.717) is 19.6 Å². The molecule has 0 amide bonds. The second-order valence-corrected chi connectivity index (χ2v) is 4.17. The van der Waals surface area contributed by atoms with Gasteiger partial charge in [0.05, 0.1) is 6.61 Å². The topological polar surface area (TPSA) is 61.5 Å². The molecule has 0 aromatic heterocycles. The van der Waals surface area contributed by atoms with Gasteiger partial charge in [-0.25, -0.2) is 9.18 Å². The van der Waals surface area contributed by atoms with Gasteiger partial charge in [0.15, 0.2) is 18.2 Å². The molecule has 106 valence electrons. The third-order valence-electron chi connectivity index (χ3n) is 2.54. The molecular formula is C14H20FNO3.